The zero-order valence-electron chi connectivity index (χ0n) is 11.6. The van der Waals surface area contributed by atoms with Crippen LogP contribution in [0.2, 0.25) is 0 Å². The van der Waals surface area contributed by atoms with E-state index < -0.39 is 0 Å². The molecule has 0 amide bonds. The van der Waals surface area contributed by atoms with Crippen LogP contribution in [0.25, 0.3) is 17.7 Å². The molecule has 0 bridgehead atoms. The van der Waals surface area contributed by atoms with Gasteiger partial charge in [-0.15, -0.1) is 0 Å². The Balaban J connectivity index is 1.93. The molecular formula is C18H14O4. The van der Waals surface area contributed by atoms with Gasteiger partial charge in [0.1, 0.15) is 0 Å². The molecule has 2 aromatic carbocycles. The van der Waals surface area contributed by atoms with Gasteiger partial charge in [-0.2, -0.15) is 0 Å². The molecular weight excluding hydrogens is 280 g/mol. The largest absolute Gasteiger partial charge is 0.504 e. The second-order valence-corrected chi connectivity index (χ2v) is 5.70. The molecule has 1 atom stereocenters. The highest BCUT2D eigenvalue weighted by atomic mass is 16.3. The van der Waals surface area contributed by atoms with E-state index in [9.17, 15) is 20.4 Å². The molecule has 0 saturated carbocycles. The first-order valence-corrected chi connectivity index (χ1v) is 7.04. The number of phenolic OH excluding ortho intramolecular Hbond substituents is 4. The maximum absolute atomic E-state index is 10.0. The van der Waals surface area contributed by atoms with Crippen LogP contribution in [-0.4, -0.2) is 20.4 Å². The molecule has 110 valence electrons. The fraction of sp³-hybridized carbons (Fsp3) is 0.111. The van der Waals surface area contributed by atoms with Crippen molar-refractivity contribution in [3.05, 3.63) is 52.6 Å². The first-order valence-electron chi connectivity index (χ1n) is 7.04. The minimum atomic E-state index is -0.144. The summed E-state index contributed by atoms with van der Waals surface area (Å²) >= 11 is 0. The highest BCUT2D eigenvalue weighted by Gasteiger charge is 2.27. The van der Waals surface area contributed by atoms with E-state index in [4.69, 9.17) is 0 Å². The minimum Gasteiger partial charge on any atom is -0.504 e. The fourth-order valence-corrected chi connectivity index (χ4v) is 3.25. The van der Waals surface area contributed by atoms with Crippen LogP contribution < -0.4 is 0 Å². The van der Waals surface area contributed by atoms with E-state index in [0.717, 1.165) is 22.3 Å². The Bertz CT molecular complexity index is 862. The van der Waals surface area contributed by atoms with Crippen molar-refractivity contribution in [3.63, 3.8) is 0 Å². The Labute approximate surface area is 126 Å². The van der Waals surface area contributed by atoms with Gasteiger partial charge in [-0.3, -0.25) is 0 Å². The summed E-state index contributed by atoms with van der Waals surface area (Å²) in [6.45, 7) is 0. The molecule has 0 radical (unpaired) electrons. The van der Waals surface area contributed by atoms with Crippen molar-refractivity contribution in [2.24, 2.45) is 5.92 Å². The molecule has 0 fully saturated rings. The molecule has 4 heteroatoms. The van der Waals surface area contributed by atoms with E-state index in [-0.39, 0.29) is 28.9 Å². The lowest BCUT2D eigenvalue weighted by Gasteiger charge is -2.28. The quantitative estimate of drug-likeness (QED) is 0.562. The van der Waals surface area contributed by atoms with Gasteiger partial charge in [0, 0.05) is 11.5 Å². The second-order valence-electron chi connectivity index (χ2n) is 5.70. The zero-order valence-corrected chi connectivity index (χ0v) is 11.6. The van der Waals surface area contributed by atoms with Gasteiger partial charge in [-0.1, -0.05) is 24.3 Å². The predicted molar refractivity (Wildman–Crippen MR) is 83.6 cm³/mol. The molecule has 4 N–H and O–H groups in total. The van der Waals surface area contributed by atoms with Gasteiger partial charge in [0.05, 0.1) is 0 Å². The summed E-state index contributed by atoms with van der Waals surface area (Å²) in [6, 6.07) is 6.41. The highest BCUT2D eigenvalue weighted by molar-refractivity contribution is 5.94. The van der Waals surface area contributed by atoms with Crippen LogP contribution in [0.1, 0.15) is 22.3 Å². The van der Waals surface area contributed by atoms with Crippen LogP contribution >= 0.6 is 0 Å². The molecule has 2 aromatic rings. The van der Waals surface area contributed by atoms with Gasteiger partial charge in [0.2, 0.25) is 0 Å². The lowest BCUT2D eigenvalue weighted by Crippen LogP contribution is -2.13. The maximum Gasteiger partial charge on any atom is 0.165 e. The van der Waals surface area contributed by atoms with Crippen molar-refractivity contribution in [2.75, 3.05) is 0 Å². The highest BCUT2D eigenvalue weighted by Crippen LogP contribution is 2.46. The third-order valence-corrected chi connectivity index (χ3v) is 4.39. The van der Waals surface area contributed by atoms with Crippen molar-refractivity contribution in [2.45, 2.75) is 6.42 Å². The summed E-state index contributed by atoms with van der Waals surface area (Å²) in [4.78, 5) is 0. The van der Waals surface area contributed by atoms with Crippen molar-refractivity contribution < 1.29 is 20.4 Å². The normalized spacial score (nSPS) is 18.2. The third-order valence-electron chi connectivity index (χ3n) is 4.39. The topological polar surface area (TPSA) is 80.9 Å². The Morgan fingerprint density at radius 1 is 0.909 bits per heavy atom. The van der Waals surface area contributed by atoms with E-state index >= 15 is 0 Å². The predicted octanol–water partition coefficient (Wildman–Crippen LogP) is 3.25. The van der Waals surface area contributed by atoms with Crippen LogP contribution in [0.15, 0.2) is 30.3 Å². The Morgan fingerprint density at radius 3 is 2.50 bits per heavy atom. The average Bonchev–Trinajstić information content (AvgIpc) is 2.50. The monoisotopic (exact) mass is 294 g/mol. The lowest BCUT2D eigenvalue weighted by molar-refractivity contribution is 0.402. The number of aromatic hydroxyl groups is 4. The Kier molecular flexibility index (Phi) is 2.51. The Hall–Kier alpha value is -2.88. The average molecular weight is 294 g/mol. The number of rotatable bonds is 0. The van der Waals surface area contributed by atoms with E-state index in [2.05, 4.69) is 0 Å². The minimum absolute atomic E-state index is 0.113. The van der Waals surface area contributed by atoms with Crippen LogP contribution in [0.3, 0.4) is 0 Å². The molecule has 0 heterocycles. The van der Waals surface area contributed by atoms with Crippen molar-refractivity contribution in [1.82, 2.24) is 0 Å². The number of fused-ring (bicyclic) bond motifs is 4. The molecule has 4 rings (SSSR count). The summed E-state index contributed by atoms with van der Waals surface area (Å²) in [5.74, 6) is -0.367. The summed E-state index contributed by atoms with van der Waals surface area (Å²) in [6.07, 6.45) is 6.48. The van der Waals surface area contributed by atoms with Gasteiger partial charge in [0.15, 0.2) is 23.0 Å². The molecule has 0 aliphatic heterocycles. The van der Waals surface area contributed by atoms with Gasteiger partial charge in [0.25, 0.3) is 0 Å². The molecule has 2 aliphatic carbocycles. The number of allylic oxidation sites excluding steroid dienone is 2. The van der Waals surface area contributed by atoms with E-state index in [0.29, 0.717) is 12.0 Å². The van der Waals surface area contributed by atoms with Gasteiger partial charge in [-0.25, -0.2) is 0 Å². The van der Waals surface area contributed by atoms with Crippen LogP contribution in [-0.2, 0) is 6.42 Å². The van der Waals surface area contributed by atoms with Crippen LogP contribution in [0, 0.1) is 5.92 Å². The summed E-state index contributed by atoms with van der Waals surface area (Å²) in [5, 5.41) is 39.0. The summed E-state index contributed by atoms with van der Waals surface area (Å²) < 4.78 is 0. The van der Waals surface area contributed by atoms with Crippen molar-refractivity contribution >= 4 is 17.7 Å². The van der Waals surface area contributed by atoms with Gasteiger partial charge in [-0.05, 0) is 46.9 Å². The number of benzene rings is 2. The van der Waals surface area contributed by atoms with Crippen LogP contribution in [0.4, 0.5) is 0 Å². The first-order chi connectivity index (χ1) is 10.5. The molecule has 22 heavy (non-hydrogen) atoms. The molecule has 4 nitrogen and oxygen atoms in total. The van der Waals surface area contributed by atoms with E-state index in [1.54, 1.807) is 18.2 Å². The van der Waals surface area contributed by atoms with Crippen LogP contribution in [0.5, 0.6) is 23.0 Å². The fourth-order valence-electron chi connectivity index (χ4n) is 3.25. The van der Waals surface area contributed by atoms with E-state index in [1.165, 1.54) is 6.07 Å². The lowest BCUT2D eigenvalue weighted by atomic mass is 9.76. The zero-order chi connectivity index (χ0) is 15.4. The van der Waals surface area contributed by atoms with E-state index in [1.807, 2.05) is 18.2 Å². The number of phenols is 4. The third kappa shape index (κ3) is 1.70. The Morgan fingerprint density at radius 2 is 1.68 bits per heavy atom. The maximum atomic E-state index is 10.0. The molecule has 2 aliphatic rings. The molecule has 0 aromatic heterocycles. The smallest absolute Gasteiger partial charge is 0.165 e. The molecule has 0 saturated heterocycles. The van der Waals surface area contributed by atoms with Gasteiger partial charge >= 0.3 is 0 Å². The number of hydrogen-bond donors (Lipinski definition) is 4. The molecule has 0 unspecified atom stereocenters. The van der Waals surface area contributed by atoms with Crippen molar-refractivity contribution in [3.8, 4) is 23.0 Å². The standard InChI is InChI=1S/C18H14O4/c19-15-4-3-12-13(18(15)22)2-1-9-5-10-7-16(20)17(21)8-11(10)6-14(9)12/h1-4,6-9,19-22H,5H2/t9-/m0/s1. The second kappa shape index (κ2) is 4.31. The summed E-state index contributed by atoms with van der Waals surface area (Å²) in [7, 11) is 0. The first kappa shape index (κ1) is 12.8. The summed E-state index contributed by atoms with van der Waals surface area (Å²) in [5.41, 5.74) is 4.34. The SMILES string of the molecule is Oc1cc2c(cc1O)C[C@@H]1C=Cc3c(ccc(O)c3O)C1=C2. The van der Waals surface area contributed by atoms with Gasteiger partial charge < -0.3 is 20.4 Å². The number of hydrogen-bond acceptors (Lipinski definition) is 4. The van der Waals surface area contributed by atoms with Crippen molar-refractivity contribution in [1.29, 1.82) is 0 Å². The molecule has 0 spiro atoms.